The quantitative estimate of drug-likeness (QED) is 0.181. The fraction of sp³-hybridized carbons (Fsp3) is 0. The zero-order valence-electron chi connectivity index (χ0n) is 25.3. The van der Waals surface area contributed by atoms with E-state index in [1.54, 1.807) is 0 Å². The van der Waals surface area contributed by atoms with Gasteiger partial charge in [0.1, 0.15) is 0 Å². The lowest BCUT2D eigenvalue weighted by atomic mass is 9.81. The molecule has 0 atom stereocenters. The minimum atomic E-state index is 1.22. The number of benzene rings is 9. The number of hydrogen-bond acceptors (Lipinski definition) is 0. The molecule has 0 heterocycles. The topological polar surface area (TPSA) is 0 Å². The van der Waals surface area contributed by atoms with Crippen molar-refractivity contribution < 1.29 is 0 Å². The van der Waals surface area contributed by atoms with E-state index in [9.17, 15) is 0 Å². The molecule has 0 N–H and O–H groups in total. The van der Waals surface area contributed by atoms with Crippen LogP contribution in [-0.2, 0) is 0 Å². The van der Waals surface area contributed by atoms with Gasteiger partial charge in [-0.05, 0) is 93.7 Å². The maximum Gasteiger partial charge on any atom is -0.00139 e. The smallest absolute Gasteiger partial charge is 0.00139 e. The van der Waals surface area contributed by atoms with E-state index in [1.807, 2.05) is 0 Å². The molecule has 0 aliphatic heterocycles. The van der Waals surface area contributed by atoms with Crippen molar-refractivity contribution in [3.05, 3.63) is 182 Å². The van der Waals surface area contributed by atoms with Crippen molar-refractivity contribution in [1.82, 2.24) is 0 Å². The Morgan fingerprint density at radius 2 is 0.674 bits per heavy atom. The summed E-state index contributed by atoms with van der Waals surface area (Å²) in [4.78, 5) is 0. The first-order chi connectivity index (χ1) is 22.8. The van der Waals surface area contributed by atoms with Gasteiger partial charge < -0.3 is 0 Å². The molecule has 0 saturated heterocycles. The number of fused-ring (bicyclic) bond motifs is 4. The summed E-state index contributed by atoms with van der Waals surface area (Å²) in [5.41, 5.74) is 9.99. The maximum atomic E-state index is 2.35. The zero-order chi connectivity index (χ0) is 30.5. The van der Waals surface area contributed by atoms with Gasteiger partial charge in [-0.15, -0.1) is 0 Å². The summed E-state index contributed by atoms with van der Waals surface area (Å²) in [5.74, 6) is 0. The molecule has 0 amide bonds. The van der Waals surface area contributed by atoms with Crippen molar-refractivity contribution in [1.29, 1.82) is 0 Å². The SMILES string of the molecule is c1ccc(-c2cccc(-c3cccc4c(-c5cccc6ccccc56)c5ccccc5c(-c5cccc6ccccc56)c34)c2)cc1. The zero-order valence-corrected chi connectivity index (χ0v) is 25.3. The molecule has 46 heavy (non-hydrogen) atoms. The van der Waals surface area contributed by atoms with Crippen molar-refractivity contribution in [3.8, 4) is 44.5 Å². The predicted molar refractivity (Wildman–Crippen MR) is 198 cm³/mol. The largest absolute Gasteiger partial charge is 0.0622 e. The molecule has 9 aromatic rings. The summed E-state index contributed by atoms with van der Waals surface area (Å²) in [5, 5.41) is 10.1. The minimum Gasteiger partial charge on any atom is -0.0622 e. The van der Waals surface area contributed by atoms with Crippen LogP contribution >= 0.6 is 0 Å². The molecule has 0 saturated carbocycles. The van der Waals surface area contributed by atoms with Gasteiger partial charge in [0, 0.05) is 0 Å². The second-order valence-corrected chi connectivity index (χ2v) is 12.0. The second-order valence-electron chi connectivity index (χ2n) is 12.0. The lowest BCUT2D eigenvalue weighted by molar-refractivity contribution is 1.60. The first-order valence-electron chi connectivity index (χ1n) is 15.9. The Labute approximate surface area is 268 Å². The molecular weight excluding hydrogens is 553 g/mol. The van der Waals surface area contributed by atoms with Gasteiger partial charge in [0.2, 0.25) is 0 Å². The minimum absolute atomic E-state index is 1.22. The molecule has 0 aromatic heterocycles. The third-order valence-corrected chi connectivity index (χ3v) is 9.45. The monoisotopic (exact) mass is 582 g/mol. The highest BCUT2D eigenvalue weighted by Gasteiger charge is 2.21. The summed E-state index contributed by atoms with van der Waals surface area (Å²) in [6.45, 7) is 0. The predicted octanol–water partition coefficient (Wildman–Crippen LogP) is 13.0. The Hall–Kier alpha value is -5.98. The van der Waals surface area contributed by atoms with Crippen molar-refractivity contribution in [2.75, 3.05) is 0 Å². The van der Waals surface area contributed by atoms with E-state index in [2.05, 4.69) is 182 Å². The Morgan fingerprint density at radius 1 is 0.239 bits per heavy atom. The molecule has 9 rings (SSSR count). The highest BCUT2D eigenvalue weighted by atomic mass is 14.2. The first-order valence-corrected chi connectivity index (χ1v) is 15.9. The first kappa shape index (κ1) is 26.4. The van der Waals surface area contributed by atoms with Crippen LogP contribution in [0.15, 0.2) is 182 Å². The van der Waals surface area contributed by atoms with E-state index in [0.29, 0.717) is 0 Å². The summed E-state index contributed by atoms with van der Waals surface area (Å²) in [6.07, 6.45) is 0. The Bertz CT molecular complexity index is 2560. The molecule has 0 aliphatic rings. The van der Waals surface area contributed by atoms with Crippen LogP contribution in [0.2, 0.25) is 0 Å². The van der Waals surface area contributed by atoms with Crippen LogP contribution in [0.3, 0.4) is 0 Å². The average Bonchev–Trinajstić information content (AvgIpc) is 3.14. The normalized spacial score (nSPS) is 11.5. The summed E-state index contributed by atoms with van der Waals surface area (Å²) in [6, 6.07) is 66.6. The van der Waals surface area contributed by atoms with Gasteiger partial charge in [0.25, 0.3) is 0 Å². The molecule has 0 bridgehead atoms. The number of rotatable bonds is 4. The van der Waals surface area contributed by atoms with Crippen molar-refractivity contribution in [2.24, 2.45) is 0 Å². The Balaban J connectivity index is 1.48. The van der Waals surface area contributed by atoms with Gasteiger partial charge in [-0.25, -0.2) is 0 Å². The van der Waals surface area contributed by atoms with Gasteiger partial charge in [0.05, 0.1) is 0 Å². The third-order valence-electron chi connectivity index (χ3n) is 9.45. The van der Waals surface area contributed by atoms with Crippen molar-refractivity contribution >= 4 is 43.1 Å². The lowest BCUT2D eigenvalue weighted by Gasteiger charge is -2.22. The van der Waals surface area contributed by atoms with Crippen LogP contribution in [-0.4, -0.2) is 0 Å². The molecule has 9 aromatic carbocycles. The molecular formula is C46H30. The summed E-state index contributed by atoms with van der Waals surface area (Å²) >= 11 is 0. The van der Waals surface area contributed by atoms with Crippen LogP contribution in [0.5, 0.6) is 0 Å². The third kappa shape index (κ3) is 4.23. The van der Waals surface area contributed by atoms with Gasteiger partial charge in [0.15, 0.2) is 0 Å². The average molecular weight is 583 g/mol. The van der Waals surface area contributed by atoms with Crippen LogP contribution in [0.4, 0.5) is 0 Å². The number of hydrogen-bond donors (Lipinski definition) is 0. The summed E-state index contributed by atoms with van der Waals surface area (Å²) < 4.78 is 0. The second kappa shape index (κ2) is 10.9. The van der Waals surface area contributed by atoms with Crippen molar-refractivity contribution in [2.45, 2.75) is 0 Å². The Kier molecular flexibility index (Phi) is 6.25. The molecule has 0 nitrogen and oxygen atoms in total. The molecule has 0 unspecified atom stereocenters. The van der Waals surface area contributed by atoms with Crippen LogP contribution < -0.4 is 0 Å². The molecule has 214 valence electrons. The van der Waals surface area contributed by atoms with Crippen LogP contribution in [0.25, 0.3) is 87.6 Å². The van der Waals surface area contributed by atoms with E-state index < -0.39 is 0 Å². The van der Waals surface area contributed by atoms with Gasteiger partial charge in [-0.2, -0.15) is 0 Å². The maximum absolute atomic E-state index is 2.35. The molecule has 0 radical (unpaired) electrons. The van der Waals surface area contributed by atoms with E-state index in [1.165, 1.54) is 87.6 Å². The summed E-state index contributed by atoms with van der Waals surface area (Å²) in [7, 11) is 0. The van der Waals surface area contributed by atoms with Gasteiger partial charge in [-0.3, -0.25) is 0 Å². The Morgan fingerprint density at radius 3 is 1.37 bits per heavy atom. The van der Waals surface area contributed by atoms with Crippen molar-refractivity contribution in [3.63, 3.8) is 0 Å². The lowest BCUT2D eigenvalue weighted by Crippen LogP contribution is -1.94. The van der Waals surface area contributed by atoms with Gasteiger partial charge >= 0.3 is 0 Å². The fourth-order valence-electron chi connectivity index (χ4n) is 7.42. The molecule has 0 aliphatic carbocycles. The standard InChI is InChI=1S/C46H30/c1-2-14-31(15-3-1)34-20-10-21-35(30-34)38-26-13-29-43-44(39-27-11-18-32-16-4-6-22-36(32)39)41-24-8-9-25-42(41)46(45(38)43)40-28-12-19-33-17-5-7-23-37(33)40/h1-30H. The highest BCUT2D eigenvalue weighted by Crippen LogP contribution is 2.49. The van der Waals surface area contributed by atoms with Gasteiger partial charge in [-0.1, -0.05) is 176 Å². The van der Waals surface area contributed by atoms with E-state index in [-0.39, 0.29) is 0 Å². The van der Waals surface area contributed by atoms with E-state index in [4.69, 9.17) is 0 Å². The molecule has 0 fully saturated rings. The van der Waals surface area contributed by atoms with E-state index >= 15 is 0 Å². The fourth-order valence-corrected chi connectivity index (χ4v) is 7.42. The highest BCUT2D eigenvalue weighted by molar-refractivity contribution is 6.27. The van der Waals surface area contributed by atoms with Crippen LogP contribution in [0.1, 0.15) is 0 Å². The van der Waals surface area contributed by atoms with E-state index in [0.717, 1.165) is 0 Å². The van der Waals surface area contributed by atoms with Crippen LogP contribution in [0, 0.1) is 0 Å². The molecule has 0 heteroatoms. The molecule has 0 spiro atoms.